The molecular weight excluding hydrogens is 406 g/mol. The third-order valence-electron chi connectivity index (χ3n) is 5.51. The van der Waals surface area contributed by atoms with Gasteiger partial charge in [0.1, 0.15) is 0 Å². The number of hydrogen-bond acceptors (Lipinski definition) is 6. The van der Waals surface area contributed by atoms with Crippen LogP contribution >= 0.6 is 0 Å². The minimum absolute atomic E-state index is 0.304. The second-order valence-corrected chi connectivity index (χ2v) is 7.53. The number of para-hydroxylation sites is 2. The summed E-state index contributed by atoms with van der Waals surface area (Å²) in [5.74, 6) is 1.67. The lowest BCUT2D eigenvalue weighted by molar-refractivity contribution is -0.139. The van der Waals surface area contributed by atoms with Crippen molar-refractivity contribution in [2.75, 3.05) is 25.6 Å². The highest BCUT2D eigenvalue weighted by atomic mass is 16.5. The van der Waals surface area contributed by atoms with Gasteiger partial charge in [-0.15, -0.1) is 0 Å². The Morgan fingerprint density at radius 2 is 1.91 bits per heavy atom. The molecule has 0 unspecified atom stereocenters. The van der Waals surface area contributed by atoms with Gasteiger partial charge in [-0.3, -0.25) is 4.57 Å². The normalized spacial score (nSPS) is 15.3. The number of methoxy groups -OCH3 is 1. The second kappa shape index (κ2) is 9.34. The molecule has 2 aromatic carbocycles. The van der Waals surface area contributed by atoms with E-state index in [1.54, 1.807) is 7.11 Å². The van der Waals surface area contributed by atoms with Gasteiger partial charge in [-0.1, -0.05) is 31.5 Å². The van der Waals surface area contributed by atoms with E-state index in [0.29, 0.717) is 42.7 Å². The Morgan fingerprint density at radius 1 is 1.09 bits per heavy atom. The molecule has 0 radical (unpaired) electrons. The number of carbonyl (C=O) groups excluding carboxylic acids is 1. The van der Waals surface area contributed by atoms with Gasteiger partial charge in [-0.25, -0.2) is 9.78 Å². The molecule has 32 heavy (non-hydrogen) atoms. The lowest BCUT2D eigenvalue weighted by Gasteiger charge is -2.31. The largest absolute Gasteiger partial charge is 0.493 e. The number of imidazole rings is 1. The van der Waals surface area contributed by atoms with Crippen LogP contribution in [0.2, 0.25) is 0 Å². The monoisotopic (exact) mass is 435 g/mol. The fraction of sp³-hybridized carbons (Fsp3) is 0.360. The smallest absolute Gasteiger partial charge is 0.338 e. The first kappa shape index (κ1) is 21.7. The van der Waals surface area contributed by atoms with E-state index >= 15 is 0 Å². The zero-order valence-corrected chi connectivity index (χ0v) is 19.0. The fourth-order valence-electron chi connectivity index (χ4n) is 4.23. The summed E-state index contributed by atoms with van der Waals surface area (Å²) < 4.78 is 18.9. The van der Waals surface area contributed by atoms with E-state index in [9.17, 15) is 4.79 Å². The van der Waals surface area contributed by atoms with Crippen LogP contribution in [0.15, 0.2) is 53.7 Å². The third kappa shape index (κ3) is 3.79. The number of ether oxygens (including phenoxy) is 3. The Bertz CT molecular complexity index is 1170. The summed E-state index contributed by atoms with van der Waals surface area (Å²) in [6.45, 7) is 6.68. The Kier molecular flexibility index (Phi) is 6.35. The van der Waals surface area contributed by atoms with Crippen molar-refractivity contribution in [1.29, 1.82) is 0 Å². The summed E-state index contributed by atoms with van der Waals surface area (Å²) in [5.41, 5.74) is 4.12. The molecule has 0 saturated heterocycles. The van der Waals surface area contributed by atoms with E-state index in [1.807, 2.05) is 56.3 Å². The van der Waals surface area contributed by atoms with Gasteiger partial charge in [-0.05, 0) is 50.1 Å². The topological polar surface area (TPSA) is 74.6 Å². The summed E-state index contributed by atoms with van der Waals surface area (Å²) >= 11 is 0. The van der Waals surface area contributed by atoms with Gasteiger partial charge in [-0.2, -0.15) is 0 Å². The zero-order valence-electron chi connectivity index (χ0n) is 19.0. The highest BCUT2D eigenvalue weighted by Crippen LogP contribution is 2.42. The molecular formula is C25H29N3O4. The molecule has 0 bridgehead atoms. The molecule has 1 aromatic heterocycles. The van der Waals surface area contributed by atoms with Gasteiger partial charge >= 0.3 is 5.97 Å². The molecule has 1 atom stereocenters. The number of benzene rings is 2. The van der Waals surface area contributed by atoms with Crippen molar-refractivity contribution in [1.82, 2.24) is 9.55 Å². The third-order valence-corrected chi connectivity index (χ3v) is 5.51. The van der Waals surface area contributed by atoms with Gasteiger partial charge in [0.05, 0.1) is 43.0 Å². The maximum atomic E-state index is 13.2. The Labute approximate surface area is 188 Å². The Balaban J connectivity index is 1.97. The molecule has 7 nitrogen and oxygen atoms in total. The van der Waals surface area contributed by atoms with E-state index < -0.39 is 6.04 Å². The Hall–Kier alpha value is -3.48. The highest BCUT2D eigenvalue weighted by molar-refractivity contribution is 5.94. The molecule has 0 saturated carbocycles. The number of allylic oxidation sites excluding steroid dienone is 1. The van der Waals surface area contributed by atoms with Gasteiger partial charge < -0.3 is 19.5 Å². The maximum Gasteiger partial charge on any atom is 0.338 e. The molecule has 1 aliphatic rings. The number of nitrogens with zero attached hydrogens (tertiary/aromatic N) is 2. The lowest BCUT2D eigenvalue weighted by atomic mass is 9.93. The number of anilines is 1. The molecule has 3 aromatic rings. The number of carbonyl (C=O) groups is 1. The molecule has 1 N–H and O–H groups in total. The van der Waals surface area contributed by atoms with E-state index in [4.69, 9.17) is 19.2 Å². The summed E-state index contributed by atoms with van der Waals surface area (Å²) in [5, 5.41) is 3.41. The first-order valence-electron chi connectivity index (χ1n) is 11.1. The van der Waals surface area contributed by atoms with Gasteiger partial charge in [0, 0.05) is 5.70 Å². The highest BCUT2D eigenvalue weighted by Gasteiger charge is 2.36. The predicted molar refractivity (Wildman–Crippen MR) is 124 cm³/mol. The number of aromatic nitrogens is 2. The van der Waals surface area contributed by atoms with Crippen LogP contribution in [0.3, 0.4) is 0 Å². The minimum atomic E-state index is -0.413. The van der Waals surface area contributed by atoms with Gasteiger partial charge in [0.2, 0.25) is 5.95 Å². The van der Waals surface area contributed by atoms with E-state index in [1.165, 1.54) is 0 Å². The molecule has 7 heteroatoms. The van der Waals surface area contributed by atoms with Gasteiger partial charge in [0.15, 0.2) is 11.5 Å². The second-order valence-electron chi connectivity index (χ2n) is 7.53. The van der Waals surface area contributed by atoms with Crippen LogP contribution in [-0.2, 0) is 9.53 Å². The maximum absolute atomic E-state index is 13.2. The van der Waals surface area contributed by atoms with Crippen LogP contribution in [0.25, 0.3) is 11.0 Å². The molecule has 4 rings (SSSR count). The first-order valence-corrected chi connectivity index (χ1v) is 11.1. The summed E-state index contributed by atoms with van der Waals surface area (Å²) in [4.78, 5) is 18.0. The minimum Gasteiger partial charge on any atom is -0.493 e. The molecule has 0 aliphatic carbocycles. The average Bonchev–Trinajstić information content (AvgIpc) is 3.17. The van der Waals surface area contributed by atoms with Crippen LogP contribution in [0, 0.1) is 0 Å². The average molecular weight is 436 g/mol. The molecule has 168 valence electrons. The summed E-state index contributed by atoms with van der Waals surface area (Å²) in [6.07, 6.45) is 1.59. The molecule has 2 heterocycles. The van der Waals surface area contributed by atoms with Crippen LogP contribution in [0.4, 0.5) is 5.95 Å². The van der Waals surface area contributed by atoms with Crippen molar-refractivity contribution in [2.45, 2.75) is 39.7 Å². The predicted octanol–water partition coefficient (Wildman–Crippen LogP) is 5.08. The first-order chi connectivity index (χ1) is 15.6. The number of nitrogens with one attached hydrogen (secondary N) is 1. The summed E-state index contributed by atoms with van der Waals surface area (Å²) in [7, 11) is 1.62. The summed E-state index contributed by atoms with van der Waals surface area (Å²) in [6, 6.07) is 13.3. The van der Waals surface area contributed by atoms with Crippen molar-refractivity contribution in [2.24, 2.45) is 0 Å². The number of hydrogen-bond donors (Lipinski definition) is 1. The van der Waals surface area contributed by atoms with Crippen molar-refractivity contribution < 1.29 is 19.0 Å². The quantitative estimate of drug-likeness (QED) is 0.498. The van der Waals surface area contributed by atoms with E-state index in [2.05, 4.69) is 16.8 Å². The molecule has 1 aliphatic heterocycles. The zero-order chi connectivity index (χ0) is 22.7. The van der Waals surface area contributed by atoms with Crippen molar-refractivity contribution in [3.05, 3.63) is 59.3 Å². The van der Waals surface area contributed by atoms with Gasteiger partial charge in [0.25, 0.3) is 0 Å². The Morgan fingerprint density at radius 3 is 2.62 bits per heavy atom. The molecule has 0 amide bonds. The van der Waals surface area contributed by atoms with E-state index in [-0.39, 0.29) is 5.97 Å². The lowest BCUT2D eigenvalue weighted by Crippen LogP contribution is -2.29. The fourth-order valence-corrected chi connectivity index (χ4v) is 4.23. The van der Waals surface area contributed by atoms with Crippen LogP contribution < -0.4 is 14.8 Å². The van der Waals surface area contributed by atoms with Crippen molar-refractivity contribution >= 4 is 23.0 Å². The molecule has 0 spiro atoms. The van der Waals surface area contributed by atoms with Crippen LogP contribution in [0.1, 0.15) is 45.2 Å². The number of rotatable bonds is 8. The van der Waals surface area contributed by atoms with E-state index in [0.717, 1.165) is 28.7 Å². The molecule has 0 fully saturated rings. The van der Waals surface area contributed by atoms with Crippen LogP contribution in [0.5, 0.6) is 11.5 Å². The number of esters is 1. The number of fused-ring (bicyclic) bond motifs is 3. The van der Waals surface area contributed by atoms with Crippen molar-refractivity contribution in [3.63, 3.8) is 0 Å². The standard InChI is InChI=1S/C25H29N3O4/c1-5-10-18-22(24(29)32-7-3)23(16-13-14-20(31-6-2)21(15-16)30-4)28-19-12-9-8-11-17(19)26-25(28)27-18/h8-9,11-15,23H,5-7,10H2,1-4H3,(H,26,27)/t23-/m1/s1. The van der Waals surface area contributed by atoms with Crippen molar-refractivity contribution in [3.8, 4) is 11.5 Å². The SMILES string of the molecule is CCCC1=C(C(=O)OCC)[C@@H](c2ccc(OCC)c(OC)c2)n2c(nc3ccccc32)N1. The van der Waals surface area contributed by atoms with Crippen LogP contribution in [-0.4, -0.2) is 35.8 Å².